The van der Waals surface area contributed by atoms with E-state index >= 15 is 0 Å². The average molecular weight is 323 g/mol. The van der Waals surface area contributed by atoms with Crippen LogP contribution in [0.25, 0.3) is 0 Å². The van der Waals surface area contributed by atoms with Crippen molar-refractivity contribution in [2.24, 2.45) is 0 Å². The van der Waals surface area contributed by atoms with Crippen molar-refractivity contribution in [1.82, 2.24) is 0 Å². The molecule has 0 aliphatic carbocycles. The van der Waals surface area contributed by atoms with Gasteiger partial charge in [-0.05, 0) is 54.5 Å². The molecule has 0 atom stereocenters. The van der Waals surface area contributed by atoms with Crippen LogP contribution in [0.2, 0.25) is 0 Å². The summed E-state index contributed by atoms with van der Waals surface area (Å²) in [4.78, 5) is 1.35. The van der Waals surface area contributed by atoms with Crippen LogP contribution in [0.5, 0.6) is 5.75 Å². The molecule has 3 rings (SSSR count). The molecule has 0 amide bonds. The van der Waals surface area contributed by atoms with E-state index in [0.717, 1.165) is 11.1 Å². The Balaban J connectivity index is 2.10. The lowest BCUT2D eigenvalue weighted by Gasteiger charge is -2.12. The minimum absolute atomic E-state index is 0.596. The molecule has 3 aromatic rings. The Morgan fingerprint density at radius 3 is 1.52 bits per heavy atom. The third-order valence-corrected chi connectivity index (χ3v) is 5.83. The second kappa shape index (κ2) is 6.39. The van der Waals surface area contributed by atoms with Gasteiger partial charge in [0.25, 0.3) is 0 Å². The Morgan fingerprint density at radius 2 is 1.09 bits per heavy atom. The minimum atomic E-state index is -2.83. The molecule has 3 heteroatoms. The van der Waals surface area contributed by atoms with Gasteiger partial charge in [-0.2, -0.15) is 0 Å². The smallest absolute Gasteiger partial charge is 0.275 e. The van der Waals surface area contributed by atoms with Crippen molar-refractivity contribution in [3.8, 4) is 5.75 Å². The highest BCUT2D eigenvalue weighted by Gasteiger charge is 2.38. The van der Waals surface area contributed by atoms with Gasteiger partial charge in [-0.15, -0.1) is 0 Å². The van der Waals surface area contributed by atoms with Gasteiger partial charge in [0, 0.05) is 0 Å². The van der Waals surface area contributed by atoms with E-state index in [9.17, 15) is 4.21 Å². The molecule has 0 aliphatic heterocycles. The molecule has 0 fully saturated rings. The van der Waals surface area contributed by atoms with E-state index in [-0.39, 0.29) is 0 Å². The molecular formula is C20H19O2S+. The van der Waals surface area contributed by atoms with E-state index in [0.29, 0.717) is 15.5 Å². The topological polar surface area (TPSA) is 26.3 Å². The maximum Gasteiger partial charge on any atom is 0.325 e. The first-order chi connectivity index (χ1) is 11.1. The summed E-state index contributed by atoms with van der Waals surface area (Å²) in [7, 11) is -2.83. The lowest BCUT2D eigenvalue weighted by atomic mass is 10.2. The molecule has 116 valence electrons. The Labute approximate surface area is 138 Å². The first-order valence-corrected chi connectivity index (χ1v) is 8.98. The molecule has 0 heterocycles. The molecule has 0 N–H and O–H groups in total. The van der Waals surface area contributed by atoms with Crippen molar-refractivity contribution >= 4 is 10.2 Å². The predicted octanol–water partition coefficient (Wildman–Crippen LogP) is 5.21. The van der Waals surface area contributed by atoms with Crippen molar-refractivity contribution in [1.29, 1.82) is 0 Å². The average Bonchev–Trinajstić information content (AvgIpc) is 2.57. The number of aryl methyl sites for hydroxylation is 2. The third-order valence-electron chi connectivity index (χ3n) is 3.62. The normalized spacial score (nSPS) is 11.2. The van der Waals surface area contributed by atoms with Crippen molar-refractivity contribution in [2.75, 3.05) is 0 Å². The van der Waals surface area contributed by atoms with Crippen LogP contribution in [-0.4, -0.2) is 0 Å². The highest BCUT2D eigenvalue weighted by molar-refractivity contribution is 7.99. The summed E-state index contributed by atoms with van der Waals surface area (Å²) in [5.41, 5.74) is 2.25. The molecule has 0 aromatic heterocycles. The molecule has 0 radical (unpaired) electrons. The van der Waals surface area contributed by atoms with E-state index < -0.39 is 10.2 Å². The van der Waals surface area contributed by atoms with Crippen LogP contribution in [0, 0.1) is 13.8 Å². The fourth-order valence-corrected chi connectivity index (χ4v) is 4.11. The van der Waals surface area contributed by atoms with Crippen LogP contribution < -0.4 is 4.18 Å². The molecule has 0 saturated heterocycles. The quantitative estimate of drug-likeness (QED) is 0.616. The zero-order valence-corrected chi connectivity index (χ0v) is 14.0. The monoisotopic (exact) mass is 323 g/mol. The maximum atomic E-state index is 13.8. The zero-order chi connectivity index (χ0) is 16.3. The highest BCUT2D eigenvalue weighted by Crippen LogP contribution is 2.32. The summed E-state index contributed by atoms with van der Waals surface area (Å²) in [6, 6.07) is 24.6. The fourth-order valence-electron chi connectivity index (χ4n) is 2.28. The molecule has 0 spiro atoms. The van der Waals surface area contributed by atoms with Crippen molar-refractivity contribution in [2.45, 2.75) is 23.6 Å². The number of benzene rings is 3. The molecule has 0 aliphatic rings. The standard InChI is InChI=1S/C20H19O2S/c1-16-8-12-19(13-9-16)23(21,20-14-10-17(2)11-15-20)22-18-6-4-3-5-7-18/h3-15H,1-2H3/q+1. The summed E-state index contributed by atoms with van der Waals surface area (Å²) in [5, 5.41) is 0. The van der Waals surface area contributed by atoms with Crippen molar-refractivity contribution in [3.63, 3.8) is 0 Å². The largest absolute Gasteiger partial charge is 0.325 e. The van der Waals surface area contributed by atoms with Gasteiger partial charge < -0.3 is 0 Å². The van der Waals surface area contributed by atoms with E-state index in [2.05, 4.69) is 0 Å². The van der Waals surface area contributed by atoms with E-state index in [1.807, 2.05) is 92.7 Å². The molecule has 2 nitrogen and oxygen atoms in total. The molecule has 0 bridgehead atoms. The third kappa shape index (κ3) is 3.35. The van der Waals surface area contributed by atoms with Gasteiger partial charge in [-0.25, -0.2) is 0 Å². The molecular weight excluding hydrogens is 304 g/mol. The van der Waals surface area contributed by atoms with Crippen LogP contribution in [0.4, 0.5) is 0 Å². The van der Waals surface area contributed by atoms with Gasteiger partial charge in [0.15, 0.2) is 5.75 Å². The number of hydrogen-bond acceptors (Lipinski definition) is 2. The second-order valence-corrected chi connectivity index (χ2v) is 7.64. The fraction of sp³-hybridized carbons (Fsp3) is 0.100. The molecule has 0 saturated carbocycles. The van der Waals surface area contributed by atoms with E-state index in [4.69, 9.17) is 4.18 Å². The first-order valence-electron chi connectivity index (χ1n) is 7.50. The highest BCUT2D eigenvalue weighted by atomic mass is 32.3. The summed E-state index contributed by atoms with van der Waals surface area (Å²) >= 11 is 0. The molecule has 3 aromatic carbocycles. The van der Waals surface area contributed by atoms with Gasteiger partial charge in [0.2, 0.25) is 9.79 Å². The Hall–Kier alpha value is -2.39. The van der Waals surface area contributed by atoms with Gasteiger partial charge in [-0.1, -0.05) is 53.6 Å². The Morgan fingerprint density at radius 1 is 0.652 bits per heavy atom. The Kier molecular flexibility index (Phi) is 4.30. The summed E-state index contributed by atoms with van der Waals surface area (Å²) in [5.74, 6) is 0.596. The van der Waals surface area contributed by atoms with Gasteiger partial charge in [-0.3, -0.25) is 4.18 Å². The number of rotatable bonds is 4. The van der Waals surface area contributed by atoms with Crippen LogP contribution in [0.1, 0.15) is 11.1 Å². The first kappa shape index (κ1) is 15.5. The maximum absolute atomic E-state index is 13.8. The minimum Gasteiger partial charge on any atom is -0.275 e. The predicted molar refractivity (Wildman–Crippen MR) is 94.0 cm³/mol. The summed E-state index contributed by atoms with van der Waals surface area (Å²) < 4.78 is 19.7. The van der Waals surface area contributed by atoms with Gasteiger partial charge in [0.05, 0.1) is 0 Å². The lowest BCUT2D eigenvalue weighted by Crippen LogP contribution is -2.19. The lowest BCUT2D eigenvalue weighted by molar-refractivity contribution is 0.499. The summed E-state index contributed by atoms with van der Waals surface area (Å²) in [6.45, 7) is 4.02. The van der Waals surface area contributed by atoms with Crippen LogP contribution in [0.3, 0.4) is 0 Å². The zero-order valence-electron chi connectivity index (χ0n) is 13.2. The van der Waals surface area contributed by atoms with E-state index in [1.54, 1.807) is 0 Å². The van der Waals surface area contributed by atoms with Gasteiger partial charge >= 0.3 is 10.2 Å². The van der Waals surface area contributed by atoms with Gasteiger partial charge in [0.1, 0.15) is 0 Å². The molecule has 23 heavy (non-hydrogen) atoms. The van der Waals surface area contributed by atoms with E-state index in [1.165, 1.54) is 0 Å². The van der Waals surface area contributed by atoms with Crippen LogP contribution >= 0.6 is 0 Å². The summed E-state index contributed by atoms with van der Waals surface area (Å²) in [6.07, 6.45) is 0. The van der Waals surface area contributed by atoms with Crippen molar-refractivity contribution in [3.05, 3.63) is 90.0 Å². The SMILES string of the molecule is Cc1ccc([S+](=O)(Oc2ccccc2)c2ccc(C)cc2)cc1. The molecule has 0 unspecified atom stereocenters. The van der Waals surface area contributed by atoms with Crippen LogP contribution in [0.15, 0.2) is 88.7 Å². The number of para-hydroxylation sites is 1. The van der Waals surface area contributed by atoms with Crippen molar-refractivity contribution < 1.29 is 8.39 Å². The van der Waals surface area contributed by atoms with Crippen LogP contribution in [-0.2, 0) is 14.4 Å². The Bertz CT molecular complexity index is 772. The number of hydrogen-bond donors (Lipinski definition) is 0. The second-order valence-electron chi connectivity index (χ2n) is 5.53.